The lowest BCUT2D eigenvalue weighted by atomic mass is 9.87. The smallest absolute Gasteiger partial charge is 0.383 e. The largest absolute Gasteiger partial charge is 0.414 e. The number of aliphatic hydroxyl groups is 1. The summed E-state index contributed by atoms with van der Waals surface area (Å²) in [6, 6.07) is 0. The number of piperidine rings is 1. The Morgan fingerprint density at radius 1 is 1.00 bits per heavy atom. The second kappa shape index (κ2) is 6.44. The maximum atomic E-state index is 12.4. The van der Waals surface area contributed by atoms with E-state index in [-0.39, 0.29) is 0 Å². The molecule has 1 aliphatic carbocycles. The van der Waals surface area contributed by atoms with Gasteiger partial charge in [-0.05, 0) is 50.6 Å². The van der Waals surface area contributed by atoms with Gasteiger partial charge in [0.1, 0.15) is 0 Å². The fourth-order valence-corrected chi connectivity index (χ4v) is 3.45. The lowest BCUT2D eigenvalue weighted by Crippen LogP contribution is -2.44. The topological polar surface area (TPSA) is 23.5 Å². The summed E-state index contributed by atoms with van der Waals surface area (Å²) in [7, 11) is 0. The third kappa shape index (κ3) is 4.35. The van der Waals surface area contributed by atoms with E-state index >= 15 is 0 Å². The summed E-state index contributed by atoms with van der Waals surface area (Å²) in [6.07, 6.45) is 0.801. The van der Waals surface area contributed by atoms with Crippen LogP contribution in [0.3, 0.4) is 0 Å². The number of aliphatic hydroxyl groups excluding tert-OH is 1. The summed E-state index contributed by atoms with van der Waals surface area (Å²) in [5, 5.41) is 9.27. The summed E-state index contributed by atoms with van der Waals surface area (Å²) in [4.78, 5) is 2.29. The molecule has 1 saturated carbocycles. The Morgan fingerprint density at radius 3 is 2.11 bits per heavy atom. The SMILES string of the molecule is OC(C1CCN(CC2CCCCC2)CC1)C(F)(F)F. The Bertz CT molecular complexity index is 268. The molecule has 1 heterocycles. The van der Waals surface area contributed by atoms with E-state index in [9.17, 15) is 18.3 Å². The zero-order valence-electron chi connectivity index (χ0n) is 11.3. The van der Waals surface area contributed by atoms with Gasteiger partial charge in [0.05, 0.1) is 0 Å². The molecule has 1 unspecified atom stereocenters. The average Bonchev–Trinajstić information content (AvgIpc) is 2.39. The third-order valence-corrected chi connectivity index (χ3v) is 4.66. The van der Waals surface area contributed by atoms with Crippen LogP contribution in [-0.2, 0) is 0 Å². The molecular formula is C14H24F3NO. The first kappa shape index (κ1) is 15.1. The number of hydrogen-bond donors (Lipinski definition) is 1. The number of rotatable bonds is 3. The maximum absolute atomic E-state index is 12.4. The van der Waals surface area contributed by atoms with Crippen molar-refractivity contribution in [2.45, 2.75) is 57.2 Å². The van der Waals surface area contributed by atoms with Gasteiger partial charge in [-0.15, -0.1) is 0 Å². The molecule has 2 aliphatic rings. The van der Waals surface area contributed by atoms with Crippen LogP contribution in [0.5, 0.6) is 0 Å². The molecule has 2 fully saturated rings. The van der Waals surface area contributed by atoms with Crippen LogP contribution in [-0.4, -0.2) is 41.9 Å². The Labute approximate surface area is 113 Å². The van der Waals surface area contributed by atoms with Crippen LogP contribution in [0.15, 0.2) is 0 Å². The highest BCUT2D eigenvalue weighted by Crippen LogP contribution is 2.32. The van der Waals surface area contributed by atoms with Gasteiger partial charge in [-0.2, -0.15) is 13.2 Å². The zero-order valence-corrected chi connectivity index (χ0v) is 11.3. The first-order chi connectivity index (χ1) is 8.97. The lowest BCUT2D eigenvalue weighted by molar-refractivity contribution is -0.223. The fourth-order valence-electron chi connectivity index (χ4n) is 3.45. The Kier molecular flexibility index (Phi) is 5.12. The molecule has 1 saturated heterocycles. The van der Waals surface area contributed by atoms with E-state index in [1.54, 1.807) is 0 Å². The molecule has 0 radical (unpaired) electrons. The van der Waals surface area contributed by atoms with Crippen LogP contribution in [0.4, 0.5) is 13.2 Å². The normalized spacial score (nSPS) is 26.5. The molecule has 1 aliphatic heterocycles. The van der Waals surface area contributed by atoms with Crippen LogP contribution in [0.25, 0.3) is 0 Å². The van der Waals surface area contributed by atoms with Crippen molar-refractivity contribution in [2.24, 2.45) is 11.8 Å². The van der Waals surface area contributed by atoms with Gasteiger partial charge in [0.15, 0.2) is 6.10 Å². The van der Waals surface area contributed by atoms with Gasteiger partial charge >= 0.3 is 6.18 Å². The fraction of sp³-hybridized carbons (Fsp3) is 1.00. The lowest BCUT2D eigenvalue weighted by Gasteiger charge is -2.37. The minimum Gasteiger partial charge on any atom is -0.383 e. The van der Waals surface area contributed by atoms with Crippen molar-refractivity contribution >= 4 is 0 Å². The molecule has 0 spiro atoms. The van der Waals surface area contributed by atoms with E-state index in [4.69, 9.17) is 0 Å². The minimum absolute atomic E-state index is 0.466. The molecule has 2 rings (SSSR count). The summed E-state index contributed by atoms with van der Waals surface area (Å²) in [6.45, 7) is 2.44. The highest BCUT2D eigenvalue weighted by molar-refractivity contribution is 4.82. The van der Waals surface area contributed by atoms with Crippen LogP contribution in [0, 0.1) is 11.8 Å². The monoisotopic (exact) mass is 279 g/mol. The number of alkyl halides is 3. The van der Waals surface area contributed by atoms with Crippen molar-refractivity contribution in [1.82, 2.24) is 4.90 Å². The van der Waals surface area contributed by atoms with Gasteiger partial charge < -0.3 is 10.0 Å². The van der Waals surface area contributed by atoms with Crippen molar-refractivity contribution in [2.75, 3.05) is 19.6 Å². The van der Waals surface area contributed by atoms with Crippen molar-refractivity contribution in [3.8, 4) is 0 Å². The number of likely N-dealkylation sites (tertiary alicyclic amines) is 1. The van der Waals surface area contributed by atoms with Crippen molar-refractivity contribution in [3.63, 3.8) is 0 Å². The average molecular weight is 279 g/mol. The van der Waals surface area contributed by atoms with E-state index in [0.717, 1.165) is 12.5 Å². The van der Waals surface area contributed by atoms with Crippen LogP contribution >= 0.6 is 0 Å². The van der Waals surface area contributed by atoms with Gasteiger partial charge in [0.25, 0.3) is 0 Å². The molecule has 0 amide bonds. The van der Waals surface area contributed by atoms with E-state index in [1.807, 2.05) is 0 Å². The molecule has 2 nitrogen and oxygen atoms in total. The molecule has 1 N–H and O–H groups in total. The summed E-state index contributed by atoms with van der Waals surface area (Å²) in [5.41, 5.74) is 0. The summed E-state index contributed by atoms with van der Waals surface area (Å²) in [5.74, 6) is 0.125. The Balaban J connectivity index is 1.73. The van der Waals surface area contributed by atoms with Crippen molar-refractivity contribution in [1.29, 1.82) is 0 Å². The van der Waals surface area contributed by atoms with Crippen LogP contribution in [0.1, 0.15) is 44.9 Å². The van der Waals surface area contributed by atoms with E-state index in [1.165, 1.54) is 32.1 Å². The quantitative estimate of drug-likeness (QED) is 0.857. The minimum atomic E-state index is -4.46. The summed E-state index contributed by atoms with van der Waals surface area (Å²) < 4.78 is 37.3. The Morgan fingerprint density at radius 2 is 1.58 bits per heavy atom. The molecule has 112 valence electrons. The van der Waals surface area contributed by atoms with E-state index in [2.05, 4.69) is 4.90 Å². The zero-order chi connectivity index (χ0) is 13.9. The van der Waals surface area contributed by atoms with E-state index in [0.29, 0.717) is 25.9 Å². The van der Waals surface area contributed by atoms with Crippen molar-refractivity contribution < 1.29 is 18.3 Å². The van der Waals surface area contributed by atoms with Gasteiger partial charge in [-0.1, -0.05) is 19.3 Å². The Hall–Kier alpha value is -0.290. The predicted molar refractivity (Wildman–Crippen MR) is 67.8 cm³/mol. The first-order valence-electron chi connectivity index (χ1n) is 7.44. The molecule has 1 atom stereocenters. The molecule has 0 aromatic carbocycles. The highest BCUT2D eigenvalue weighted by Gasteiger charge is 2.44. The van der Waals surface area contributed by atoms with Crippen LogP contribution < -0.4 is 0 Å². The van der Waals surface area contributed by atoms with Crippen LogP contribution in [0.2, 0.25) is 0 Å². The van der Waals surface area contributed by atoms with Gasteiger partial charge in [0, 0.05) is 6.54 Å². The maximum Gasteiger partial charge on any atom is 0.414 e. The molecule has 19 heavy (non-hydrogen) atoms. The molecule has 5 heteroatoms. The first-order valence-corrected chi connectivity index (χ1v) is 7.44. The van der Waals surface area contributed by atoms with E-state index < -0.39 is 18.2 Å². The van der Waals surface area contributed by atoms with Crippen molar-refractivity contribution in [3.05, 3.63) is 0 Å². The second-order valence-electron chi connectivity index (χ2n) is 6.13. The van der Waals surface area contributed by atoms with Gasteiger partial charge in [-0.25, -0.2) is 0 Å². The summed E-state index contributed by atoms with van der Waals surface area (Å²) >= 11 is 0. The molecule has 0 aromatic heterocycles. The molecular weight excluding hydrogens is 255 g/mol. The number of nitrogens with zero attached hydrogens (tertiary/aromatic N) is 1. The second-order valence-corrected chi connectivity index (χ2v) is 6.13. The number of halogens is 3. The standard InChI is InChI=1S/C14H24F3NO/c15-14(16,17)13(19)12-6-8-18(9-7-12)10-11-4-2-1-3-5-11/h11-13,19H,1-10H2. The molecule has 0 bridgehead atoms. The molecule has 0 aromatic rings. The predicted octanol–water partition coefficient (Wildman–Crippen LogP) is 3.20. The van der Waals surface area contributed by atoms with Gasteiger partial charge in [0.2, 0.25) is 0 Å². The number of hydrogen-bond acceptors (Lipinski definition) is 2. The third-order valence-electron chi connectivity index (χ3n) is 4.66. The highest BCUT2D eigenvalue weighted by atomic mass is 19.4. The van der Waals surface area contributed by atoms with Gasteiger partial charge in [-0.3, -0.25) is 0 Å².